The number of halogens is 2. The van der Waals surface area contributed by atoms with Crippen molar-refractivity contribution in [2.45, 2.75) is 92.7 Å². The number of benzene rings is 1. The molecule has 5 N–H and O–H groups in total. The van der Waals surface area contributed by atoms with E-state index in [1.54, 1.807) is 0 Å². The van der Waals surface area contributed by atoms with Crippen LogP contribution in [0.25, 0.3) is 0 Å². The molecule has 43 heavy (non-hydrogen) atoms. The number of urea groups is 1. The number of fused-ring (bicyclic) bond motifs is 2. The zero-order chi connectivity index (χ0) is 30.5. The van der Waals surface area contributed by atoms with Gasteiger partial charge in [-0.1, -0.05) is 56.4 Å². The molecule has 0 spiro atoms. The van der Waals surface area contributed by atoms with Gasteiger partial charge in [0.25, 0.3) is 5.91 Å². The van der Waals surface area contributed by atoms with E-state index < -0.39 is 52.0 Å². The number of alkyl halides is 2. The minimum absolute atomic E-state index is 0.0579. The van der Waals surface area contributed by atoms with Crippen LogP contribution in [0.4, 0.5) is 4.79 Å². The monoisotopic (exact) mass is 631 g/mol. The highest BCUT2D eigenvalue weighted by Gasteiger charge is 2.74. The molecule has 0 radical (unpaired) electrons. The number of carbonyl (C=O) groups excluding carboxylic acids is 5. The lowest BCUT2D eigenvalue weighted by Crippen LogP contribution is -2.60. The molecule has 0 bridgehead atoms. The quantitative estimate of drug-likeness (QED) is 0.231. The SMILES string of the molecule is NC(=O)C(=O)C(CC1CC1)NC(=O)[C@@H]1[C@@H]2[C@H](CN1C(=O)[C@@H](NC(=O)NC1CCCCC1)C1Cc3ccccc3C1)C2(Cl)Cl. The highest BCUT2D eigenvalue weighted by atomic mass is 35.5. The Balaban J connectivity index is 1.23. The molecule has 3 saturated carbocycles. The summed E-state index contributed by atoms with van der Waals surface area (Å²) in [6, 6.07) is 4.63. The lowest BCUT2D eigenvalue weighted by molar-refractivity contribution is -0.143. The van der Waals surface area contributed by atoms with Crippen molar-refractivity contribution in [2.24, 2.45) is 29.4 Å². The van der Waals surface area contributed by atoms with E-state index in [0.717, 1.165) is 56.1 Å². The Morgan fingerprint density at radius 2 is 1.60 bits per heavy atom. The van der Waals surface area contributed by atoms with Crippen LogP contribution in [-0.4, -0.2) is 69.5 Å². The van der Waals surface area contributed by atoms with Crippen LogP contribution in [0.5, 0.6) is 0 Å². The summed E-state index contributed by atoms with van der Waals surface area (Å²) >= 11 is 13.1. The van der Waals surface area contributed by atoms with Crippen molar-refractivity contribution in [1.82, 2.24) is 20.9 Å². The molecule has 1 aromatic carbocycles. The number of nitrogens with two attached hydrogens (primary N) is 1. The van der Waals surface area contributed by atoms with Gasteiger partial charge in [0, 0.05) is 24.4 Å². The first kappa shape index (κ1) is 30.2. The van der Waals surface area contributed by atoms with Crippen molar-refractivity contribution >= 4 is 52.7 Å². The lowest BCUT2D eigenvalue weighted by atomic mass is 9.94. The molecule has 10 nitrogen and oxygen atoms in total. The number of likely N-dealkylation sites (tertiary alicyclic amines) is 1. The third-order valence-electron chi connectivity index (χ3n) is 10.1. The largest absolute Gasteiger partial charge is 0.363 e. The molecule has 4 fully saturated rings. The molecule has 232 valence electrons. The van der Waals surface area contributed by atoms with E-state index >= 15 is 0 Å². The molecule has 12 heteroatoms. The van der Waals surface area contributed by atoms with E-state index in [4.69, 9.17) is 28.9 Å². The zero-order valence-electron chi connectivity index (χ0n) is 24.0. The summed E-state index contributed by atoms with van der Waals surface area (Å²) in [5.74, 6) is -3.81. The molecule has 6 rings (SSSR count). The van der Waals surface area contributed by atoms with Crippen LogP contribution >= 0.6 is 23.2 Å². The molecular formula is C31H39Cl2N5O5. The van der Waals surface area contributed by atoms with E-state index in [9.17, 15) is 24.0 Å². The van der Waals surface area contributed by atoms with Gasteiger partial charge in [-0.15, -0.1) is 23.2 Å². The van der Waals surface area contributed by atoms with E-state index in [-0.39, 0.29) is 36.2 Å². The normalized spacial score (nSPS) is 27.4. The number of Topliss-reactive ketones (excluding diaryl/α,β-unsaturated/α-hetero) is 1. The number of hydrogen-bond donors (Lipinski definition) is 4. The fraction of sp³-hybridized carbons (Fsp3) is 0.645. The summed E-state index contributed by atoms with van der Waals surface area (Å²) in [5.41, 5.74) is 7.55. The van der Waals surface area contributed by atoms with Crippen LogP contribution in [0.2, 0.25) is 0 Å². The molecule has 5 atom stereocenters. The van der Waals surface area contributed by atoms with E-state index in [1.165, 1.54) is 4.90 Å². The second kappa shape index (κ2) is 11.9. The van der Waals surface area contributed by atoms with Gasteiger partial charge in [-0.05, 0) is 55.1 Å². The highest BCUT2D eigenvalue weighted by molar-refractivity contribution is 6.51. The number of hydrogen-bond acceptors (Lipinski definition) is 5. The Bertz CT molecular complexity index is 1290. The molecule has 1 unspecified atom stereocenters. The average Bonchev–Trinajstić information content (AvgIpc) is 3.73. The number of amides is 5. The van der Waals surface area contributed by atoms with Gasteiger partial charge in [0.2, 0.25) is 17.6 Å². The van der Waals surface area contributed by atoms with Gasteiger partial charge in [0.05, 0.1) is 6.04 Å². The maximum Gasteiger partial charge on any atom is 0.315 e. The number of carbonyl (C=O) groups is 5. The minimum atomic E-state index is -1.19. The van der Waals surface area contributed by atoms with E-state index in [2.05, 4.69) is 16.0 Å². The Hall–Kier alpha value is -2.85. The van der Waals surface area contributed by atoms with Crippen molar-refractivity contribution in [3.8, 4) is 0 Å². The van der Waals surface area contributed by atoms with Gasteiger partial charge in [-0.2, -0.15) is 0 Å². The maximum absolute atomic E-state index is 14.4. The molecule has 1 saturated heterocycles. The van der Waals surface area contributed by atoms with Crippen LogP contribution in [0.1, 0.15) is 62.5 Å². The molecule has 4 aliphatic carbocycles. The Labute approximate surface area is 261 Å². The molecule has 0 aromatic heterocycles. The molecule has 1 heterocycles. The summed E-state index contributed by atoms with van der Waals surface area (Å²) in [6.07, 6.45) is 8.40. The van der Waals surface area contributed by atoms with E-state index in [0.29, 0.717) is 19.3 Å². The lowest BCUT2D eigenvalue weighted by Gasteiger charge is -2.35. The number of primary amides is 1. The van der Waals surface area contributed by atoms with Crippen LogP contribution in [0, 0.1) is 23.7 Å². The van der Waals surface area contributed by atoms with Gasteiger partial charge in [-0.25, -0.2) is 4.79 Å². The first-order chi connectivity index (χ1) is 20.5. The second-order valence-corrected chi connectivity index (χ2v) is 14.5. The maximum atomic E-state index is 14.4. The molecular weight excluding hydrogens is 593 g/mol. The minimum Gasteiger partial charge on any atom is -0.363 e. The van der Waals surface area contributed by atoms with Crippen LogP contribution < -0.4 is 21.7 Å². The van der Waals surface area contributed by atoms with Crippen LogP contribution in [0.3, 0.4) is 0 Å². The van der Waals surface area contributed by atoms with Gasteiger partial charge < -0.3 is 26.6 Å². The fourth-order valence-corrected chi connectivity index (χ4v) is 8.31. The summed E-state index contributed by atoms with van der Waals surface area (Å²) in [4.78, 5) is 67.3. The number of rotatable bonds is 10. The topological polar surface area (TPSA) is 151 Å². The van der Waals surface area contributed by atoms with Gasteiger partial charge in [0.1, 0.15) is 16.4 Å². The van der Waals surface area contributed by atoms with Crippen molar-refractivity contribution < 1.29 is 24.0 Å². The Kier molecular flexibility index (Phi) is 8.37. The zero-order valence-corrected chi connectivity index (χ0v) is 25.5. The number of piperidine rings is 1. The Morgan fingerprint density at radius 3 is 2.21 bits per heavy atom. The van der Waals surface area contributed by atoms with Crippen molar-refractivity contribution in [3.63, 3.8) is 0 Å². The highest BCUT2D eigenvalue weighted by Crippen LogP contribution is 2.65. The van der Waals surface area contributed by atoms with Gasteiger partial charge >= 0.3 is 6.03 Å². The van der Waals surface area contributed by atoms with Crippen molar-refractivity contribution in [1.29, 1.82) is 0 Å². The summed E-state index contributed by atoms with van der Waals surface area (Å²) < 4.78 is -1.19. The summed E-state index contributed by atoms with van der Waals surface area (Å²) in [7, 11) is 0. The number of nitrogens with zero attached hydrogens (tertiary/aromatic N) is 1. The smallest absolute Gasteiger partial charge is 0.315 e. The third-order valence-corrected chi connectivity index (χ3v) is 11.1. The van der Waals surface area contributed by atoms with Crippen molar-refractivity contribution in [3.05, 3.63) is 35.4 Å². The third kappa shape index (κ3) is 6.23. The predicted molar refractivity (Wildman–Crippen MR) is 160 cm³/mol. The van der Waals surface area contributed by atoms with Crippen LogP contribution in [-0.2, 0) is 32.0 Å². The van der Waals surface area contributed by atoms with Gasteiger partial charge in [-0.3, -0.25) is 19.2 Å². The number of nitrogens with one attached hydrogen (secondary N) is 3. The first-order valence-electron chi connectivity index (χ1n) is 15.5. The predicted octanol–water partition coefficient (Wildman–Crippen LogP) is 2.37. The molecule has 1 aromatic rings. The molecule has 1 aliphatic heterocycles. The molecule has 5 amide bonds. The average molecular weight is 633 g/mol. The fourth-order valence-electron chi connectivity index (χ4n) is 7.48. The first-order valence-corrected chi connectivity index (χ1v) is 16.3. The molecule has 5 aliphatic rings. The number of ketones is 1. The second-order valence-electron chi connectivity index (χ2n) is 13.1. The van der Waals surface area contributed by atoms with Crippen molar-refractivity contribution in [2.75, 3.05) is 6.54 Å². The Morgan fingerprint density at radius 1 is 0.953 bits per heavy atom. The standard InChI is InChI=1S/C31H39Cl2N5O5/c32-31(33)21-15-38(25(23(21)31)28(41)36-22(12-16-10-11-16)26(39)27(34)40)29(42)24(19-13-17-6-4-5-7-18(17)14-19)37-30(43)35-20-8-2-1-3-9-20/h4-7,16,19-25H,1-3,8-15H2,(H2,34,40)(H,36,41)(H2,35,37,43)/t21-,22?,23-,24-,25-/m0/s1. The summed E-state index contributed by atoms with van der Waals surface area (Å²) in [5, 5.41) is 8.74. The van der Waals surface area contributed by atoms with E-state index in [1.807, 2.05) is 24.3 Å². The van der Waals surface area contributed by atoms with Crippen LogP contribution in [0.15, 0.2) is 24.3 Å². The summed E-state index contributed by atoms with van der Waals surface area (Å²) in [6.45, 7) is 0.147. The van der Waals surface area contributed by atoms with Gasteiger partial charge in [0.15, 0.2) is 0 Å².